The summed E-state index contributed by atoms with van der Waals surface area (Å²) >= 11 is 0. The Labute approximate surface area is 231 Å². The quantitative estimate of drug-likeness (QED) is 0.158. The zero-order valence-electron chi connectivity index (χ0n) is 23.8. The Bertz CT molecular complexity index is 1280. The standard InChI is InChI=1S/C31H40N4O4/c1-7-38-30(36)17-26(24-15-27(35-32)31(33-5)29(16-24)37-6)23-13-12-20(2)25(14-23)19-34-18-22(4)39-28-11-9-8-10-21(28)3/h8-16,22,26,32-34H,7,17-19H2,1-6H3/t22-,26+/m1/s1. The van der Waals surface area contributed by atoms with Crippen molar-refractivity contribution in [1.29, 1.82) is 5.53 Å². The predicted octanol–water partition coefficient (Wildman–Crippen LogP) is 6.66. The lowest BCUT2D eigenvalue weighted by atomic mass is 9.86. The van der Waals surface area contributed by atoms with E-state index < -0.39 is 0 Å². The zero-order valence-corrected chi connectivity index (χ0v) is 23.8. The van der Waals surface area contributed by atoms with Gasteiger partial charge >= 0.3 is 5.97 Å². The lowest BCUT2D eigenvalue weighted by Crippen LogP contribution is -2.29. The molecule has 0 bridgehead atoms. The minimum atomic E-state index is -0.299. The van der Waals surface area contributed by atoms with Gasteiger partial charge in [0, 0.05) is 26.1 Å². The highest BCUT2D eigenvalue weighted by Gasteiger charge is 2.23. The molecule has 0 aliphatic heterocycles. The second kappa shape index (κ2) is 14.3. The molecular formula is C31H40N4O4. The van der Waals surface area contributed by atoms with Crippen LogP contribution in [0.15, 0.2) is 59.7 Å². The van der Waals surface area contributed by atoms with Gasteiger partial charge in [-0.3, -0.25) is 4.79 Å². The summed E-state index contributed by atoms with van der Waals surface area (Å²) in [5.74, 6) is 0.870. The topological polar surface area (TPSA) is 105 Å². The van der Waals surface area contributed by atoms with Gasteiger partial charge in [-0.05, 0) is 73.7 Å². The van der Waals surface area contributed by atoms with E-state index in [1.165, 1.54) is 0 Å². The first-order valence-corrected chi connectivity index (χ1v) is 13.3. The van der Waals surface area contributed by atoms with Crippen LogP contribution in [0.5, 0.6) is 11.5 Å². The van der Waals surface area contributed by atoms with Gasteiger partial charge in [0.25, 0.3) is 0 Å². The van der Waals surface area contributed by atoms with Crippen molar-refractivity contribution in [3.63, 3.8) is 0 Å². The van der Waals surface area contributed by atoms with Crippen LogP contribution >= 0.6 is 0 Å². The average Bonchev–Trinajstić information content (AvgIpc) is 2.93. The van der Waals surface area contributed by atoms with Gasteiger partial charge < -0.3 is 24.8 Å². The number of benzene rings is 3. The van der Waals surface area contributed by atoms with E-state index in [4.69, 9.17) is 19.7 Å². The summed E-state index contributed by atoms with van der Waals surface area (Å²) in [5.41, 5.74) is 14.0. The largest absolute Gasteiger partial charge is 0.494 e. The van der Waals surface area contributed by atoms with Gasteiger partial charge in [0.2, 0.25) is 0 Å². The number of rotatable bonds is 14. The summed E-state index contributed by atoms with van der Waals surface area (Å²) < 4.78 is 17.0. The molecule has 208 valence electrons. The van der Waals surface area contributed by atoms with E-state index in [1.807, 2.05) is 49.4 Å². The molecule has 8 heteroatoms. The lowest BCUT2D eigenvalue weighted by Gasteiger charge is -2.22. The van der Waals surface area contributed by atoms with Gasteiger partial charge in [-0.25, -0.2) is 5.53 Å². The van der Waals surface area contributed by atoms with E-state index in [1.54, 1.807) is 21.1 Å². The molecule has 3 rings (SSSR count). The molecule has 39 heavy (non-hydrogen) atoms. The Morgan fingerprint density at radius 1 is 1.03 bits per heavy atom. The number of hydrogen-bond donors (Lipinski definition) is 3. The maximum absolute atomic E-state index is 12.7. The number of carbonyl (C=O) groups excluding carboxylic acids is 1. The van der Waals surface area contributed by atoms with Crippen molar-refractivity contribution < 1.29 is 19.0 Å². The zero-order chi connectivity index (χ0) is 28.4. The number of nitrogens with zero attached hydrogens (tertiary/aromatic N) is 1. The molecule has 0 radical (unpaired) electrons. The monoisotopic (exact) mass is 532 g/mol. The van der Waals surface area contributed by atoms with Crippen LogP contribution in [0.2, 0.25) is 0 Å². The average molecular weight is 533 g/mol. The van der Waals surface area contributed by atoms with Crippen LogP contribution in [0.1, 0.15) is 54.0 Å². The van der Waals surface area contributed by atoms with Crippen LogP contribution in [0.25, 0.3) is 0 Å². The van der Waals surface area contributed by atoms with E-state index in [9.17, 15) is 4.79 Å². The molecule has 0 unspecified atom stereocenters. The van der Waals surface area contributed by atoms with Crippen molar-refractivity contribution in [3.8, 4) is 11.5 Å². The molecule has 3 aromatic rings. The molecule has 0 aromatic heterocycles. The van der Waals surface area contributed by atoms with E-state index in [0.29, 0.717) is 36.8 Å². The number of aryl methyl sites for hydroxylation is 2. The normalized spacial score (nSPS) is 12.4. The van der Waals surface area contributed by atoms with Gasteiger partial charge in [0.05, 0.1) is 20.1 Å². The van der Waals surface area contributed by atoms with Crippen molar-refractivity contribution in [2.24, 2.45) is 5.11 Å². The first kappa shape index (κ1) is 29.6. The van der Waals surface area contributed by atoms with E-state index in [2.05, 4.69) is 41.7 Å². The van der Waals surface area contributed by atoms with Crippen LogP contribution < -0.4 is 20.1 Å². The third-order valence-corrected chi connectivity index (χ3v) is 6.72. The van der Waals surface area contributed by atoms with Crippen LogP contribution in [0, 0.1) is 19.4 Å². The number of para-hydroxylation sites is 1. The molecule has 0 saturated heterocycles. The molecule has 0 heterocycles. The number of methoxy groups -OCH3 is 1. The molecule has 2 atom stereocenters. The van der Waals surface area contributed by atoms with Crippen LogP contribution in [-0.2, 0) is 16.1 Å². The van der Waals surface area contributed by atoms with Crippen molar-refractivity contribution in [3.05, 3.63) is 82.4 Å². The number of nitrogens with one attached hydrogen (secondary N) is 3. The van der Waals surface area contributed by atoms with Crippen molar-refractivity contribution in [2.45, 2.75) is 52.7 Å². The van der Waals surface area contributed by atoms with E-state index in [0.717, 1.165) is 33.6 Å². The molecule has 0 fully saturated rings. The van der Waals surface area contributed by atoms with E-state index in [-0.39, 0.29) is 24.4 Å². The van der Waals surface area contributed by atoms with Crippen LogP contribution in [-0.4, -0.2) is 39.4 Å². The third-order valence-electron chi connectivity index (χ3n) is 6.72. The van der Waals surface area contributed by atoms with Crippen molar-refractivity contribution in [1.82, 2.24) is 5.32 Å². The highest BCUT2D eigenvalue weighted by Crippen LogP contribution is 2.41. The van der Waals surface area contributed by atoms with Gasteiger partial charge in [-0.2, -0.15) is 5.11 Å². The Hall–Kier alpha value is -3.91. The van der Waals surface area contributed by atoms with Gasteiger partial charge in [-0.1, -0.05) is 36.4 Å². The maximum Gasteiger partial charge on any atom is 0.306 e. The summed E-state index contributed by atoms with van der Waals surface area (Å²) in [6.45, 7) is 9.62. The summed E-state index contributed by atoms with van der Waals surface area (Å²) in [6, 6.07) is 18.0. The maximum atomic E-state index is 12.7. The SMILES string of the molecule is CCOC(=O)C[C@@H](c1ccc(C)c(CNC[C@@H](C)Oc2ccccc2C)c1)c1cc(N=N)c(NC)c(OC)c1. The Morgan fingerprint density at radius 3 is 2.46 bits per heavy atom. The second-order valence-electron chi connectivity index (χ2n) is 9.55. The number of esters is 1. The molecule has 0 spiro atoms. The van der Waals surface area contributed by atoms with Gasteiger partial charge in [0.15, 0.2) is 0 Å². The third kappa shape index (κ3) is 7.80. The number of hydrogen-bond acceptors (Lipinski definition) is 8. The summed E-state index contributed by atoms with van der Waals surface area (Å²) in [6.07, 6.45) is 0.154. The van der Waals surface area contributed by atoms with Crippen LogP contribution in [0.4, 0.5) is 11.4 Å². The Kier molecular flexibility index (Phi) is 10.9. The summed E-state index contributed by atoms with van der Waals surface area (Å²) in [7, 11) is 3.34. The minimum Gasteiger partial charge on any atom is -0.494 e. The molecule has 8 nitrogen and oxygen atoms in total. The summed E-state index contributed by atoms with van der Waals surface area (Å²) in [4.78, 5) is 12.7. The Morgan fingerprint density at radius 2 is 1.79 bits per heavy atom. The van der Waals surface area contributed by atoms with E-state index >= 15 is 0 Å². The Balaban J connectivity index is 1.85. The molecular weight excluding hydrogens is 492 g/mol. The molecule has 0 saturated carbocycles. The first-order valence-electron chi connectivity index (χ1n) is 13.3. The molecule has 0 aliphatic carbocycles. The molecule has 0 aliphatic rings. The number of ether oxygens (including phenoxy) is 3. The van der Waals surface area contributed by atoms with Gasteiger partial charge in [0.1, 0.15) is 29.0 Å². The fourth-order valence-electron chi connectivity index (χ4n) is 4.59. The van der Waals surface area contributed by atoms with Crippen LogP contribution in [0.3, 0.4) is 0 Å². The molecule has 0 amide bonds. The summed E-state index contributed by atoms with van der Waals surface area (Å²) in [5, 5.41) is 10.3. The lowest BCUT2D eigenvalue weighted by molar-refractivity contribution is -0.143. The number of carbonyl (C=O) groups is 1. The fourth-order valence-corrected chi connectivity index (χ4v) is 4.59. The molecule has 3 aromatic carbocycles. The highest BCUT2D eigenvalue weighted by molar-refractivity contribution is 5.76. The predicted molar refractivity (Wildman–Crippen MR) is 155 cm³/mol. The van der Waals surface area contributed by atoms with Crippen molar-refractivity contribution in [2.75, 3.05) is 32.6 Å². The molecule has 3 N–H and O–H groups in total. The smallest absolute Gasteiger partial charge is 0.306 e. The van der Waals surface area contributed by atoms with Gasteiger partial charge in [-0.15, -0.1) is 0 Å². The minimum absolute atomic E-state index is 0.00338. The fraction of sp³-hybridized carbons (Fsp3) is 0.387. The van der Waals surface area contributed by atoms with Crippen molar-refractivity contribution >= 4 is 17.3 Å². The second-order valence-corrected chi connectivity index (χ2v) is 9.55. The highest BCUT2D eigenvalue weighted by atomic mass is 16.5. The number of anilines is 1. The first-order chi connectivity index (χ1) is 18.8.